The molecule has 0 fully saturated rings. The summed E-state index contributed by atoms with van der Waals surface area (Å²) in [6.45, 7) is 3.31. The van der Waals surface area contributed by atoms with Crippen LogP contribution in [0.5, 0.6) is 5.75 Å². The summed E-state index contributed by atoms with van der Waals surface area (Å²) >= 11 is 9.00. The zero-order valence-corrected chi connectivity index (χ0v) is 17.3. The second kappa shape index (κ2) is 8.29. The lowest BCUT2D eigenvalue weighted by atomic mass is 10.2. The predicted molar refractivity (Wildman–Crippen MR) is 113 cm³/mol. The molecule has 2 heterocycles. The molecule has 0 spiro atoms. The van der Waals surface area contributed by atoms with E-state index in [1.165, 1.54) is 42.0 Å². The largest absolute Gasteiger partial charge is 0.495 e. The van der Waals surface area contributed by atoms with E-state index in [9.17, 15) is 9.59 Å². The number of halogens is 1. The Labute approximate surface area is 170 Å². The second-order valence-electron chi connectivity index (χ2n) is 5.77. The minimum absolute atomic E-state index is 0.0125. The first-order valence-corrected chi connectivity index (χ1v) is 10.2. The van der Waals surface area contributed by atoms with E-state index >= 15 is 0 Å². The van der Waals surface area contributed by atoms with E-state index in [4.69, 9.17) is 16.3 Å². The fraction of sp³-hybridized carbons (Fsp3) is 0.211. The number of benzene rings is 1. The van der Waals surface area contributed by atoms with E-state index in [0.717, 1.165) is 4.88 Å². The summed E-state index contributed by atoms with van der Waals surface area (Å²) in [7, 11) is 1.53. The van der Waals surface area contributed by atoms with Crippen molar-refractivity contribution in [2.75, 3.05) is 12.0 Å². The highest BCUT2D eigenvalue weighted by Crippen LogP contribution is 2.35. The molecule has 140 valence electrons. The molecule has 8 heteroatoms. The van der Waals surface area contributed by atoms with Gasteiger partial charge in [-0.15, -0.1) is 11.3 Å². The fourth-order valence-electron chi connectivity index (χ4n) is 2.35. The van der Waals surface area contributed by atoms with Crippen molar-refractivity contribution in [3.05, 3.63) is 51.3 Å². The van der Waals surface area contributed by atoms with Crippen molar-refractivity contribution in [1.29, 1.82) is 0 Å². The number of amides is 1. The normalized spacial score (nSPS) is 16.6. The molecule has 1 aliphatic heterocycles. The molecule has 0 N–H and O–H groups in total. The number of carbonyl (C=O) groups excluding carboxylic acids is 2. The van der Waals surface area contributed by atoms with Crippen molar-refractivity contribution < 1.29 is 14.3 Å². The minimum atomic E-state index is -0.325. The molecule has 1 atom stereocenters. The summed E-state index contributed by atoms with van der Waals surface area (Å²) in [6, 6.07) is 8.92. The van der Waals surface area contributed by atoms with Gasteiger partial charge in [-0.25, -0.2) is 4.99 Å². The van der Waals surface area contributed by atoms with E-state index in [1.807, 2.05) is 17.5 Å². The summed E-state index contributed by atoms with van der Waals surface area (Å²) in [5.41, 5.74) is 0.894. The predicted octanol–water partition coefficient (Wildman–Crippen LogP) is 4.86. The molecule has 0 saturated heterocycles. The molecule has 1 aliphatic rings. The van der Waals surface area contributed by atoms with Gasteiger partial charge in [0.05, 0.1) is 23.1 Å². The quantitative estimate of drug-likeness (QED) is 0.648. The zero-order valence-electron chi connectivity index (χ0n) is 14.9. The van der Waals surface area contributed by atoms with Gasteiger partial charge in [-0.05, 0) is 49.6 Å². The van der Waals surface area contributed by atoms with Crippen molar-refractivity contribution in [3.8, 4) is 5.75 Å². The van der Waals surface area contributed by atoms with Gasteiger partial charge >= 0.3 is 0 Å². The molecule has 27 heavy (non-hydrogen) atoms. The Morgan fingerprint density at radius 2 is 2.19 bits per heavy atom. The van der Waals surface area contributed by atoms with E-state index in [1.54, 1.807) is 31.2 Å². The number of thiophene rings is 1. The van der Waals surface area contributed by atoms with Gasteiger partial charge in [0.25, 0.3) is 5.91 Å². The van der Waals surface area contributed by atoms with E-state index in [2.05, 4.69) is 4.99 Å². The third-order valence-corrected chi connectivity index (χ3v) is 6.18. The van der Waals surface area contributed by atoms with Gasteiger partial charge in [-0.2, -0.15) is 0 Å². The molecule has 0 saturated carbocycles. The van der Waals surface area contributed by atoms with Crippen molar-refractivity contribution >= 4 is 63.3 Å². The van der Waals surface area contributed by atoms with Gasteiger partial charge in [0.15, 0.2) is 5.17 Å². The SMILES string of the molecule is COc1ccc(N2C(=O)/C(=C\c3cccs3)N=C2S[C@H](C)C(C)=O)cc1Cl. The first-order valence-electron chi connectivity index (χ1n) is 8.09. The van der Waals surface area contributed by atoms with E-state index < -0.39 is 0 Å². The number of methoxy groups -OCH3 is 1. The number of ketones is 1. The average Bonchev–Trinajstić information content (AvgIpc) is 3.24. The number of Topliss-reactive ketones (excluding diaryl/α,β-unsaturated/α-hetero) is 1. The maximum Gasteiger partial charge on any atom is 0.283 e. The van der Waals surface area contributed by atoms with Gasteiger partial charge in [0.2, 0.25) is 0 Å². The lowest BCUT2D eigenvalue weighted by Crippen LogP contribution is -2.31. The summed E-state index contributed by atoms with van der Waals surface area (Å²) < 4.78 is 5.18. The standard InChI is InChI=1S/C19H17ClN2O3S2/c1-11(23)12(2)27-19-21-16(10-14-5-4-8-26-14)18(24)22(19)13-6-7-17(25-3)15(20)9-13/h4-10,12H,1-3H3/b16-10+/t12-/m1/s1. The highest BCUT2D eigenvalue weighted by molar-refractivity contribution is 8.15. The molecule has 1 aromatic heterocycles. The van der Waals surface area contributed by atoms with Crippen LogP contribution in [0.15, 0.2) is 46.4 Å². The van der Waals surface area contributed by atoms with Gasteiger partial charge in [0, 0.05) is 4.88 Å². The topological polar surface area (TPSA) is 59.0 Å². The third-order valence-electron chi connectivity index (χ3n) is 3.90. The third kappa shape index (κ3) is 4.26. The highest BCUT2D eigenvalue weighted by Gasteiger charge is 2.34. The molecule has 5 nitrogen and oxygen atoms in total. The monoisotopic (exact) mass is 420 g/mol. The minimum Gasteiger partial charge on any atom is -0.495 e. The van der Waals surface area contributed by atoms with Crippen LogP contribution in [-0.4, -0.2) is 29.2 Å². The molecule has 1 amide bonds. The maximum atomic E-state index is 13.0. The summed E-state index contributed by atoms with van der Waals surface area (Å²) in [5.74, 6) is 0.270. The van der Waals surface area contributed by atoms with Crippen LogP contribution in [-0.2, 0) is 9.59 Å². The number of nitrogens with zero attached hydrogens (tertiary/aromatic N) is 2. The fourth-order valence-corrected chi connectivity index (χ4v) is 4.18. The van der Waals surface area contributed by atoms with Gasteiger partial charge < -0.3 is 4.74 Å². The Morgan fingerprint density at radius 3 is 2.78 bits per heavy atom. The number of thioether (sulfide) groups is 1. The number of ether oxygens (including phenoxy) is 1. The van der Waals surface area contributed by atoms with Crippen LogP contribution in [0, 0.1) is 0 Å². The Kier molecular flexibility index (Phi) is 6.04. The van der Waals surface area contributed by atoms with Gasteiger partial charge in [-0.3, -0.25) is 14.5 Å². The smallest absolute Gasteiger partial charge is 0.283 e. The van der Waals surface area contributed by atoms with Gasteiger partial charge in [-0.1, -0.05) is 29.4 Å². The molecule has 0 radical (unpaired) electrons. The Balaban J connectivity index is 2.01. The van der Waals surface area contributed by atoms with Crippen LogP contribution in [0.3, 0.4) is 0 Å². The second-order valence-corrected chi connectivity index (χ2v) is 8.46. The van der Waals surface area contributed by atoms with Crippen LogP contribution < -0.4 is 9.64 Å². The number of rotatable bonds is 5. The lowest BCUT2D eigenvalue weighted by Gasteiger charge is -2.20. The molecular weight excluding hydrogens is 404 g/mol. The van der Waals surface area contributed by atoms with Crippen LogP contribution in [0.25, 0.3) is 6.08 Å². The van der Waals surface area contributed by atoms with Crippen molar-refractivity contribution in [2.24, 2.45) is 4.99 Å². The number of anilines is 1. The molecule has 3 rings (SSSR count). The maximum absolute atomic E-state index is 13.0. The van der Waals surface area contributed by atoms with E-state index in [-0.39, 0.29) is 16.9 Å². The highest BCUT2D eigenvalue weighted by atomic mass is 35.5. The number of hydrogen-bond acceptors (Lipinski definition) is 6. The molecular formula is C19H17ClN2O3S2. The Morgan fingerprint density at radius 1 is 1.41 bits per heavy atom. The van der Waals surface area contributed by atoms with Crippen LogP contribution in [0.2, 0.25) is 5.02 Å². The molecule has 0 aliphatic carbocycles. The Bertz CT molecular complexity index is 938. The van der Waals surface area contributed by atoms with Crippen LogP contribution >= 0.6 is 34.7 Å². The Hall–Kier alpha value is -2.09. The van der Waals surface area contributed by atoms with Crippen LogP contribution in [0.4, 0.5) is 5.69 Å². The molecule has 1 aromatic carbocycles. The van der Waals surface area contributed by atoms with E-state index in [0.29, 0.717) is 27.3 Å². The van der Waals surface area contributed by atoms with Crippen molar-refractivity contribution in [1.82, 2.24) is 0 Å². The number of hydrogen-bond donors (Lipinski definition) is 0. The molecule has 2 aromatic rings. The molecule has 0 bridgehead atoms. The van der Waals surface area contributed by atoms with Gasteiger partial charge in [0.1, 0.15) is 17.2 Å². The number of aliphatic imine (C=N–C) groups is 1. The average molecular weight is 421 g/mol. The summed E-state index contributed by atoms with van der Waals surface area (Å²) in [4.78, 5) is 31.6. The van der Waals surface area contributed by atoms with Crippen molar-refractivity contribution in [2.45, 2.75) is 19.1 Å². The number of carbonyl (C=O) groups is 2. The zero-order chi connectivity index (χ0) is 19.6. The van der Waals surface area contributed by atoms with Crippen molar-refractivity contribution in [3.63, 3.8) is 0 Å². The van der Waals surface area contributed by atoms with Crippen LogP contribution in [0.1, 0.15) is 18.7 Å². The first-order chi connectivity index (χ1) is 12.9. The number of amidine groups is 1. The lowest BCUT2D eigenvalue weighted by molar-refractivity contribution is -0.116. The first kappa shape index (κ1) is 19.7. The summed E-state index contributed by atoms with van der Waals surface area (Å²) in [5, 5.41) is 2.45. The summed E-state index contributed by atoms with van der Waals surface area (Å²) in [6.07, 6.45) is 1.75. The molecule has 0 unspecified atom stereocenters.